The molecule has 1 radical (unpaired) electrons. The van der Waals surface area contributed by atoms with E-state index in [1.807, 2.05) is 36.4 Å². The van der Waals surface area contributed by atoms with E-state index in [4.69, 9.17) is 17.0 Å². The molecule has 0 spiro atoms. The zero-order chi connectivity index (χ0) is 24.9. The second-order valence-corrected chi connectivity index (χ2v) is 9.59. The molecule has 5 heteroatoms. The maximum atomic E-state index is 5.74. The van der Waals surface area contributed by atoms with Crippen LogP contribution in [0.5, 0.6) is 0 Å². The summed E-state index contributed by atoms with van der Waals surface area (Å²) < 4.78 is 5.74. The Hall–Kier alpha value is -3.44. The molecule has 181 valence electrons. The number of hydrogen-bond acceptors (Lipinski definition) is 2. The standard InChI is InChI=1S/C20H13N.C13H10NOS.Y/c1-3-7-15-13(5-1)9-11-17-19(15)20-16-8-4-2-6-14(16)10-12-18(20)21-17;1-14-13-11(16)7-6-10-12(13)8-4-2-3-5-9(8)15-10;/h1-12,21H;2-7,16H,1H3;/q;-1;/p-1. The number of nitrogens with one attached hydrogen (secondary N) is 1. The van der Waals surface area contributed by atoms with E-state index in [9.17, 15) is 0 Å². The van der Waals surface area contributed by atoms with E-state index in [1.54, 1.807) is 7.05 Å². The summed E-state index contributed by atoms with van der Waals surface area (Å²) in [6, 6.07) is 37.7. The normalized spacial score (nSPS) is 11.2. The molecule has 1 N–H and O–H groups in total. The zero-order valence-corrected chi connectivity index (χ0v) is 24.4. The Morgan fingerprint density at radius 1 is 0.579 bits per heavy atom. The predicted molar refractivity (Wildman–Crippen MR) is 159 cm³/mol. The maximum absolute atomic E-state index is 5.74. The van der Waals surface area contributed by atoms with Crippen LogP contribution in [-0.2, 0) is 45.3 Å². The number of H-pyrrole nitrogens is 1. The van der Waals surface area contributed by atoms with Gasteiger partial charge in [0.15, 0.2) is 0 Å². The average Bonchev–Trinajstić information content (AvgIpc) is 3.52. The smallest absolute Gasteiger partial charge is 0.135 e. The van der Waals surface area contributed by atoms with Crippen molar-refractivity contribution in [3.8, 4) is 0 Å². The number of nitrogens with zero attached hydrogens (tertiary/aromatic N) is 1. The van der Waals surface area contributed by atoms with Gasteiger partial charge >= 0.3 is 0 Å². The van der Waals surface area contributed by atoms with Crippen molar-refractivity contribution in [2.24, 2.45) is 0 Å². The van der Waals surface area contributed by atoms with Crippen molar-refractivity contribution in [1.82, 2.24) is 4.98 Å². The van der Waals surface area contributed by atoms with E-state index < -0.39 is 0 Å². The molecule has 0 amide bonds. The first-order valence-corrected chi connectivity index (χ1v) is 12.7. The minimum absolute atomic E-state index is 0. The molecule has 0 saturated heterocycles. The van der Waals surface area contributed by atoms with Gasteiger partial charge in [-0.05, 0) is 45.8 Å². The van der Waals surface area contributed by atoms with E-state index in [-0.39, 0.29) is 32.7 Å². The van der Waals surface area contributed by atoms with E-state index in [1.165, 1.54) is 43.4 Å². The van der Waals surface area contributed by atoms with Gasteiger partial charge in [-0.1, -0.05) is 84.9 Å². The summed E-state index contributed by atoms with van der Waals surface area (Å²) in [7, 11) is 1.76. The molecule has 3 nitrogen and oxygen atoms in total. The van der Waals surface area contributed by atoms with Crippen molar-refractivity contribution in [2.75, 3.05) is 7.05 Å². The van der Waals surface area contributed by atoms with Crippen LogP contribution in [0.3, 0.4) is 0 Å². The number of furan rings is 1. The van der Waals surface area contributed by atoms with E-state index in [0.717, 1.165) is 32.5 Å². The molecule has 0 fully saturated rings. The van der Waals surface area contributed by atoms with Crippen LogP contribution in [0.2, 0.25) is 0 Å². The number of rotatable bonds is 1. The van der Waals surface area contributed by atoms with Crippen LogP contribution < -0.4 is 0 Å². The second-order valence-electron chi connectivity index (χ2n) is 9.15. The quantitative estimate of drug-likeness (QED) is 0.196. The molecule has 8 rings (SSSR count). The fraction of sp³-hybridized carbons (Fsp3) is 0.0303. The molecule has 2 aromatic heterocycles. The van der Waals surface area contributed by atoms with Crippen LogP contribution >= 0.6 is 0 Å². The van der Waals surface area contributed by atoms with E-state index in [0.29, 0.717) is 0 Å². The molecule has 0 saturated carbocycles. The summed E-state index contributed by atoms with van der Waals surface area (Å²) in [4.78, 5) is 4.33. The van der Waals surface area contributed by atoms with Crippen molar-refractivity contribution in [1.29, 1.82) is 0 Å². The van der Waals surface area contributed by atoms with Crippen molar-refractivity contribution >= 4 is 83.6 Å². The number of para-hydroxylation sites is 1. The summed E-state index contributed by atoms with van der Waals surface area (Å²) in [6.45, 7) is 0. The Kier molecular flexibility index (Phi) is 6.57. The van der Waals surface area contributed by atoms with Crippen LogP contribution in [0.15, 0.2) is 119 Å². The number of aromatic amines is 1. The third kappa shape index (κ3) is 3.96. The van der Waals surface area contributed by atoms with Gasteiger partial charge in [-0.15, -0.1) is 12.7 Å². The fourth-order valence-electron chi connectivity index (χ4n) is 5.44. The summed E-state index contributed by atoms with van der Waals surface area (Å²) in [5.41, 5.74) is 4.98. The van der Waals surface area contributed by atoms with Crippen LogP contribution in [-0.4, -0.2) is 12.0 Å². The second kappa shape index (κ2) is 10.0. The van der Waals surface area contributed by atoms with E-state index in [2.05, 4.69) is 83.1 Å². The Morgan fingerprint density at radius 3 is 1.74 bits per heavy atom. The Labute approximate surface area is 250 Å². The van der Waals surface area contributed by atoms with Gasteiger partial charge < -0.3 is 27.3 Å². The Bertz CT molecular complexity index is 2020. The van der Waals surface area contributed by atoms with Gasteiger partial charge in [0.2, 0.25) is 0 Å². The van der Waals surface area contributed by atoms with Crippen LogP contribution in [0.1, 0.15) is 0 Å². The van der Waals surface area contributed by atoms with Gasteiger partial charge in [0.05, 0.1) is 0 Å². The van der Waals surface area contributed by atoms with Crippen molar-refractivity contribution in [2.45, 2.75) is 4.90 Å². The summed E-state index contributed by atoms with van der Waals surface area (Å²) in [6.07, 6.45) is 0. The minimum atomic E-state index is 0. The van der Waals surface area contributed by atoms with Gasteiger partial charge in [0.25, 0.3) is 0 Å². The molecule has 0 bridgehead atoms. The third-order valence-corrected chi connectivity index (χ3v) is 7.41. The van der Waals surface area contributed by atoms with Gasteiger partial charge in [-0.3, -0.25) is 0 Å². The molecule has 0 aliphatic heterocycles. The zero-order valence-electron chi connectivity index (χ0n) is 20.7. The number of fused-ring (bicyclic) bond motifs is 10. The van der Waals surface area contributed by atoms with Crippen molar-refractivity contribution < 1.29 is 37.1 Å². The van der Waals surface area contributed by atoms with Crippen molar-refractivity contribution in [3.63, 3.8) is 0 Å². The maximum Gasteiger partial charge on any atom is 0.135 e. The SMILES string of the molecule is C[N-]c1c([S-])ccc2oc3ccccc3c12.[Y].c1ccc2c(c1)ccc1[nH]c3ccc4ccccc4c3c12. The molecule has 0 aliphatic carbocycles. The molecule has 0 unspecified atom stereocenters. The fourth-order valence-corrected chi connectivity index (χ4v) is 5.70. The van der Waals surface area contributed by atoms with Crippen LogP contribution in [0.25, 0.3) is 70.6 Å². The molecule has 2 heterocycles. The largest absolute Gasteiger partial charge is 0.781 e. The molecule has 6 aromatic carbocycles. The van der Waals surface area contributed by atoms with Gasteiger partial charge in [0.1, 0.15) is 11.2 Å². The average molecular weight is 584 g/mol. The number of aromatic nitrogens is 1. The minimum Gasteiger partial charge on any atom is -0.781 e. The number of hydrogen-bond donors (Lipinski definition) is 1. The monoisotopic (exact) mass is 583 g/mol. The summed E-state index contributed by atoms with van der Waals surface area (Å²) in [5, 5.41) is 14.2. The van der Waals surface area contributed by atoms with Gasteiger partial charge in [-0.25, -0.2) is 0 Å². The number of benzene rings is 6. The Balaban J connectivity index is 0.000000141. The van der Waals surface area contributed by atoms with Gasteiger partial charge in [0, 0.05) is 65.3 Å². The van der Waals surface area contributed by atoms with Gasteiger partial charge in [-0.2, -0.15) is 4.90 Å². The first-order valence-electron chi connectivity index (χ1n) is 12.2. The summed E-state index contributed by atoms with van der Waals surface area (Å²) in [5.74, 6) is 0. The summed E-state index contributed by atoms with van der Waals surface area (Å²) >= 11 is 5.27. The molecule has 38 heavy (non-hydrogen) atoms. The molecule has 8 aromatic rings. The Morgan fingerprint density at radius 2 is 1.13 bits per heavy atom. The molecular weight excluding hydrogens is 561 g/mol. The molecule has 0 atom stereocenters. The topological polar surface area (TPSA) is 43.0 Å². The van der Waals surface area contributed by atoms with Crippen molar-refractivity contribution in [3.05, 3.63) is 115 Å². The first-order chi connectivity index (χ1) is 18.2. The van der Waals surface area contributed by atoms with Crippen LogP contribution in [0.4, 0.5) is 5.69 Å². The first kappa shape index (κ1) is 24.9. The van der Waals surface area contributed by atoms with E-state index >= 15 is 0 Å². The molecular formula is C33H22N2OSY-2. The third-order valence-electron chi connectivity index (χ3n) is 7.08. The van der Waals surface area contributed by atoms with Crippen LogP contribution in [0, 0.1) is 0 Å². The molecule has 0 aliphatic rings. The predicted octanol–water partition coefficient (Wildman–Crippen LogP) is 9.75.